The van der Waals surface area contributed by atoms with Crippen molar-refractivity contribution in [3.63, 3.8) is 0 Å². The van der Waals surface area contributed by atoms with Gasteiger partial charge in [0.05, 0.1) is 18.5 Å². The molecule has 3 aromatic rings. The number of nitrogens with zero attached hydrogens (tertiary/aromatic N) is 3. The third-order valence-electron chi connectivity index (χ3n) is 4.49. The number of carbonyl (C=O) groups excluding carboxylic acids is 1. The summed E-state index contributed by atoms with van der Waals surface area (Å²) in [5.41, 5.74) is 0.678. The van der Waals surface area contributed by atoms with Crippen molar-refractivity contribution in [1.82, 2.24) is 19.5 Å². The number of esters is 1. The SMILES string of the molecule is Cc1nc2c(ncn2[C@H]2C[C@@H](OC(=O)c3ccccc3)[C@@H](CO)O2)c(=O)[nH]1. The zero-order valence-corrected chi connectivity index (χ0v) is 14.5. The van der Waals surface area contributed by atoms with Gasteiger partial charge in [-0.2, -0.15) is 0 Å². The Balaban J connectivity index is 1.58. The van der Waals surface area contributed by atoms with E-state index in [4.69, 9.17) is 9.47 Å². The van der Waals surface area contributed by atoms with Gasteiger partial charge in [0.15, 0.2) is 11.2 Å². The third kappa shape index (κ3) is 3.22. The number of nitrogens with one attached hydrogen (secondary N) is 1. The third-order valence-corrected chi connectivity index (χ3v) is 4.49. The van der Waals surface area contributed by atoms with Crippen molar-refractivity contribution in [2.75, 3.05) is 6.61 Å². The first kappa shape index (κ1) is 17.4. The number of benzene rings is 1. The molecule has 2 N–H and O–H groups in total. The predicted molar refractivity (Wildman–Crippen MR) is 94.1 cm³/mol. The molecule has 0 unspecified atom stereocenters. The fraction of sp³-hybridized carbons (Fsp3) is 0.333. The number of aryl methyl sites for hydroxylation is 1. The number of H-pyrrole nitrogens is 1. The Labute approximate surface area is 153 Å². The van der Waals surface area contributed by atoms with Crippen LogP contribution in [0.1, 0.15) is 28.8 Å². The molecule has 1 aliphatic heterocycles. The van der Waals surface area contributed by atoms with Gasteiger partial charge in [-0.3, -0.25) is 9.36 Å². The minimum atomic E-state index is -0.678. The maximum atomic E-state index is 12.3. The van der Waals surface area contributed by atoms with E-state index < -0.39 is 24.4 Å². The van der Waals surface area contributed by atoms with Gasteiger partial charge < -0.3 is 19.6 Å². The summed E-state index contributed by atoms with van der Waals surface area (Å²) in [5.74, 6) is -0.0257. The van der Waals surface area contributed by atoms with Gasteiger partial charge in [0, 0.05) is 6.42 Å². The molecule has 0 saturated carbocycles. The lowest BCUT2D eigenvalue weighted by Gasteiger charge is -2.16. The second-order valence-electron chi connectivity index (χ2n) is 6.33. The van der Waals surface area contributed by atoms with Gasteiger partial charge in [-0.15, -0.1) is 0 Å². The van der Waals surface area contributed by atoms with E-state index in [2.05, 4.69) is 15.0 Å². The van der Waals surface area contributed by atoms with Crippen LogP contribution >= 0.6 is 0 Å². The van der Waals surface area contributed by atoms with Gasteiger partial charge >= 0.3 is 5.97 Å². The smallest absolute Gasteiger partial charge is 0.338 e. The van der Waals surface area contributed by atoms with E-state index in [9.17, 15) is 14.7 Å². The van der Waals surface area contributed by atoms with Crippen molar-refractivity contribution in [3.8, 4) is 0 Å². The Hall–Kier alpha value is -3.04. The molecule has 4 rings (SSSR count). The van der Waals surface area contributed by atoms with E-state index in [0.29, 0.717) is 23.5 Å². The quantitative estimate of drug-likeness (QED) is 0.656. The van der Waals surface area contributed by atoms with Crippen molar-refractivity contribution in [1.29, 1.82) is 0 Å². The van der Waals surface area contributed by atoms with Crippen LogP contribution in [-0.4, -0.2) is 49.4 Å². The van der Waals surface area contributed by atoms with E-state index in [0.717, 1.165) is 0 Å². The van der Waals surface area contributed by atoms with E-state index in [-0.39, 0.29) is 17.7 Å². The number of aromatic nitrogens is 4. The minimum Gasteiger partial charge on any atom is -0.456 e. The topological polar surface area (TPSA) is 119 Å². The van der Waals surface area contributed by atoms with Crippen molar-refractivity contribution in [3.05, 3.63) is 58.4 Å². The van der Waals surface area contributed by atoms with Crippen molar-refractivity contribution in [2.24, 2.45) is 0 Å². The van der Waals surface area contributed by atoms with E-state index in [1.807, 2.05) is 6.07 Å². The molecule has 0 spiro atoms. The highest BCUT2D eigenvalue weighted by molar-refractivity contribution is 5.89. The average Bonchev–Trinajstić information content (AvgIpc) is 3.26. The van der Waals surface area contributed by atoms with Crippen LogP contribution in [0.15, 0.2) is 41.5 Å². The number of ether oxygens (including phenoxy) is 2. The molecule has 0 aliphatic carbocycles. The summed E-state index contributed by atoms with van der Waals surface area (Å²) in [6, 6.07) is 8.62. The Morgan fingerprint density at radius 2 is 2.19 bits per heavy atom. The second-order valence-corrected chi connectivity index (χ2v) is 6.33. The lowest BCUT2D eigenvalue weighted by Crippen LogP contribution is -2.30. The lowest BCUT2D eigenvalue weighted by atomic mass is 10.1. The monoisotopic (exact) mass is 370 g/mol. The Morgan fingerprint density at radius 1 is 1.41 bits per heavy atom. The molecule has 2 aromatic heterocycles. The summed E-state index contributed by atoms with van der Waals surface area (Å²) in [4.78, 5) is 35.3. The fourth-order valence-corrected chi connectivity index (χ4v) is 3.19. The fourth-order valence-electron chi connectivity index (χ4n) is 3.19. The predicted octanol–water partition coefficient (Wildman–Crippen LogP) is 0.933. The van der Waals surface area contributed by atoms with E-state index >= 15 is 0 Å². The van der Waals surface area contributed by atoms with Gasteiger partial charge in [-0.25, -0.2) is 14.8 Å². The van der Waals surface area contributed by atoms with Gasteiger partial charge in [0.2, 0.25) is 0 Å². The highest BCUT2D eigenvalue weighted by atomic mass is 16.6. The van der Waals surface area contributed by atoms with Crippen LogP contribution in [0, 0.1) is 6.92 Å². The molecule has 0 bridgehead atoms. The number of carbonyl (C=O) groups is 1. The summed E-state index contributed by atoms with van der Waals surface area (Å²) in [6.45, 7) is 1.37. The van der Waals surface area contributed by atoms with Gasteiger partial charge in [0.25, 0.3) is 5.56 Å². The highest BCUT2D eigenvalue weighted by Crippen LogP contribution is 2.32. The summed E-state index contributed by atoms with van der Waals surface area (Å²) < 4.78 is 13.0. The van der Waals surface area contributed by atoms with E-state index in [1.54, 1.807) is 35.8 Å². The summed E-state index contributed by atoms with van der Waals surface area (Å²) in [7, 11) is 0. The first-order valence-electron chi connectivity index (χ1n) is 8.52. The van der Waals surface area contributed by atoms with Gasteiger partial charge in [-0.05, 0) is 19.1 Å². The average molecular weight is 370 g/mol. The van der Waals surface area contributed by atoms with Crippen LogP contribution in [0.4, 0.5) is 0 Å². The van der Waals surface area contributed by atoms with Crippen molar-refractivity contribution >= 4 is 17.1 Å². The molecule has 3 atom stereocenters. The van der Waals surface area contributed by atoms with Crippen LogP contribution in [0.2, 0.25) is 0 Å². The molecule has 140 valence electrons. The van der Waals surface area contributed by atoms with Gasteiger partial charge in [0.1, 0.15) is 24.3 Å². The van der Waals surface area contributed by atoms with Crippen LogP contribution in [0.25, 0.3) is 11.2 Å². The Morgan fingerprint density at radius 3 is 2.93 bits per heavy atom. The molecule has 1 fully saturated rings. The number of hydrogen-bond donors (Lipinski definition) is 2. The number of aliphatic hydroxyl groups excluding tert-OH is 1. The highest BCUT2D eigenvalue weighted by Gasteiger charge is 2.39. The molecule has 1 aromatic carbocycles. The van der Waals surface area contributed by atoms with Crippen LogP contribution in [0.5, 0.6) is 0 Å². The minimum absolute atomic E-state index is 0.203. The lowest BCUT2D eigenvalue weighted by molar-refractivity contribution is -0.0500. The standard InChI is InChI=1S/C18H18N4O5/c1-10-20-16-15(17(24)21-10)19-9-22(16)14-7-12(13(8-23)26-14)27-18(25)11-5-3-2-4-6-11/h2-6,9,12-14,23H,7-8H2,1H3,(H,20,21,24)/t12-,13-,14-/m1/s1. The normalized spacial score (nSPS) is 22.2. The zero-order valence-electron chi connectivity index (χ0n) is 14.5. The molecule has 27 heavy (non-hydrogen) atoms. The second kappa shape index (κ2) is 6.93. The van der Waals surface area contributed by atoms with Crippen molar-refractivity contribution < 1.29 is 19.4 Å². The molecule has 1 aliphatic rings. The van der Waals surface area contributed by atoms with Crippen molar-refractivity contribution in [2.45, 2.75) is 31.8 Å². The number of hydrogen-bond acceptors (Lipinski definition) is 7. The molecular formula is C18H18N4O5. The molecule has 0 radical (unpaired) electrons. The maximum Gasteiger partial charge on any atom is 0.338 e. The zero-order chi connectivity index (χ0) is 19.0. The number of aliphatic hydroxyl groups is 1. The molecular weight excluding hydrogens is 352 g/mol. The molecule has 3 heterocycles. The number of aromatic amines is 1. The van der Waals surface area contributed by atoms with Gasteiger partial charge in [-0.1, -0.05) is 18.2 Å². The molecule has 0 amide bonds. The molecule has 9 heteroatoms. The maximum absolute atomic E-state index is 12.3. The number of imidazole rings is 1. The molecule has 1 saturated heterocycles. The number of fused-ring (bicyclic) bond motifs is 1. The first-order valence-corrected chi connectivity index (χ1v) is 8.52. The largest absolute Gasteiger partial charge is 0.456 e. The van der Waals surface area contributed by atoms with Crippen LogP contribution in [-0.2, 0) is 9.47 Å². The van der Waals surface area contributed by atoms with E-state index in [1.165, 1.54) is 6.33 Å². The summed E-state index contributed by atoms with van der Waals surface area (Å²) in [5, 5.41) is 9.62. The summed E-state index contributed by atoms with van der Waals surface area (Å²) >= 11 is 0. The van der Waals surface area contributed by atoms with Crippen LogP contribution in [0.3, 0.4) is 0 Å². The Kier molecular flexibility index (Phi) is 4.46. The number of rotatable bonds is 4. The first-order chi connectivity index (χ1) is 13.1. The summed E-state index contributed by atoms with van der Waals surface area (Å²) in [6.07, 6.45) is -0.0961. The molecule has 9 nitrogen and oxygen atoms in total. The Bertz CT molecular complexity index is 1030. The van der Waals surface area contributed by atoms with Crippen LogP contribution < -0.4 is 5.56 Å².